The Hall–Kier alpha value is -2.77. The summed E-state index contributed by atoms with van der Waals surface area (Å²) in [5, 5.41) is 1.23. The Labute approximate surface area is 192 Å². The second-order valence-corrected chi connectivity index (χ2v) is 9.30. The fourth-order valence-electron chi connectivity index (χ4n) is 4.71. The van der Waals surface area contributed by atoms with Crippen LogP contribution in [0.1, 0.15) is 35.7 Å². The first kappa shape index (κ1) is 21.1. The number of amides is 1. The summed E-state index contributed by atoms with van der Waals surface area (Å²) in [5.74, 6) is 1.42. The fraction of sp³-hybridized carbons (Fsp3) is 0.400. The fourth-order valence-corrected chi connectivity index (χ4v) is 5.51. The number of anilines is 2. The van der Waals surface area contributed by atoms with Crippen LogP contribution in [0.25, 0.3) is 10.1 Å². The molecule has 7 heteroatoms. The summed E-state index contributed by atoms with van der Waals surface area (Å²) in [5.41, 5.74) is 2.85. The quantitative estimate of drug-likeness (QED) is 0.534. The van der Waals surface area contributed by atoms with Crippen molar-refractivity contribution in [3.05, 3.63) is 53.6 Å². The molecule has 2 aliphatic rings. The Kier molecular flexibility index (Phi) is 5.93. The summed E-state index contributed by atoms with van der Waals surface area (Å²) in [6.07, 6.45) is 1.86. The maximum absolute atomic E-state index is 12.8. The first-order chi connectivity index (χ1) is 15.6. The molecule has 1 fully saturated rings. The van der Waals surface area contributed by atoms with Crippen molar-refractivity contribution in [1.29, 1.82) is 0 Å². The van der Waals surface area contributed by atoms with Crippen LogP contribution in [-0.4, -0.2) is 60.2 Å². The van der Waals surface area contributed by atoms with Gasteiger partial charge in [0.25, 0.3) is 0 Å². The van der Waals surface area contributed by atoms with Crippen molar-refractivity contribution < 1.29 is 9.59 Å². The molecule has 166 valence electrons. The predicted octanol–water partition coefficient (Wildman–Crippen LogP) is 3.99. The van der Waals surface area contributed by atoms with Crippen molar-refractivity contribution in [3.63, 3.8) is 0 Å². The zero-order chi connectivity index (χ0) is 22.1. The van der Waals surface area contributed by atoms with Crippen LogP contribution in [0.3, 0.4) is 0 Å². The van der Waals surface area contributed by atoms with Crippen LogP contribution in [0.2, 0.25) is 0 Å². The molecule has 2 aliphatic heterocycles. The number of hydrogen-bond donors (Lipinski definition) is 0. The second kappa shape index (κ2) is 9.00. The lowest BCUT2D eigenvalue weighted by atomic mass is 10.0. The van der Waals surface area contributed by atoms with Crippen molar-refractivity contribution in [1.82, 2.24) is 9.27 Å². The predicted molar refractivity (Wildman–Crippen MR) is 130 cm³/mol. The average Bonchev–Trinajstić information content (AvgIpc) is 3.46. The van der Waals surface area contributed by atoms with Gasteiger partial charge in [-0.05, 0) is 53.8 Å². The smallest absolute Gasteiger partial charge is 0.226 e. The van der Waals surface area contributed by atoms with Gasteiger partial charge in [0.05, 0.1) is 4.70 Å². The summed E-state index contributed by atoms with van der Waals surface area (Å²) >= 11 is 1.56. The molecule has 1 amide bonds. The maximum Gasteiger partial charge on any atom is 0.226 e. The minimum Gasteiger partial charge on any atom is -0.353 e. The van der Waals surface area contributed by atoms with E-state index < -0.39 is 0 Å². The van der Waals surface area contributed by atoms with E-state index in [9.17, 15) is 9.59 Å². The van der Waals surface area contributed by atoms with E-state index in [0.717, 1.165) is 68.3 Å². The zero-order valence-electron chi connectivity index (χ0n) is 18.4. The van der Waals surface area contributed by atoms with Gasteiger partial charge in [-0.1, -0.05) is 19.1 Å². The molecule has 0 radical (unpaired) electrons. The van der Waals surface area contributed by atoms with Crippen molar-refractivity contribution in [3.8, 4) is 0 Å². The SMILES string of the molecule is CCC(=O)N1CCc2cc(C(=O)CCN3CCN(c4nsc5ccccc45)CC3)ccc21. The number of fused-ring (bicyclic) bond motifs is 2. The number of carbonyl (C=O) groups is 2. The summed E-state index contributed by atoms with van der Waals surface area (Å²) in [6, 6.07) is 14.2. The highest BCUT2D eigenvalue weighted by atomic mass is 32.1. The van der Waals surface area contributed by atoms with Gasteiger partial charge in [-0.15, -0.1) is 0 Å². The van der Waals surface area contributed by atoms with Crippen LogP contribution in [0.15, 0.2) is 42.5 Å². The van der Waals surface area contributed by atoms with Crippen molar-refractivity contribution in [2.75, 3.05) is 49.1 Å². The molecule has 3 heterocycles. The molecule has 0 bridgehead atoms. The molecule has 32 heavy (non-hydrogen) atoms. The molecule has 6 nitrogen and oxygen atoms in total. The van der Waals surface area contributed by atoms with Crippen molar-refractivity contribution in [2.45, 2.75) is 26.2 Å². The minimum absolute atomic E-state index is 0.146. The Bertz CT molecular complexity index is 1150. The van der Waals surface area contributed by atoms with Gasteiger partial charge in [0.15, 0.2) is 5.78 Å². The lowest BCUT2D eigenvalue weighted by Crippen LogP contribution is -2.47. The van der Waals surface area contributed by atoms with Crippen molar-refractivity contribution in [2.24, 2.45) is 0 Å². The molecule has 0 unspecified atom stereocenters. The molecule has 1 saturated heterocycles. The largest absolute Gasteiger partial charge is 0.353 e. The molecule has 3 aromatic rings. The zero-order valence-corrected chi connectivity index (χ0v) is 19.2. The van der Waals surface area contributed by atoms with E-state index in [1.54, 1.807) is 11.5 Å². The van der Waals surface area contributed by atoms with Crippen LogP contribution in [0.5, 0.6) is 0 Å². The summed E-state index contributed by atoms with van der Waals surface area (Å²) in [4.78, 5) is 31.5. The Morgan fingerprint density at radius 1 is 1.03 bits per heavy atom. The van der Waals surface area contributed by atoms with Gasteiger partial charge < -0.3 is 9.80 Å². The molecule has 0 N–H and O–H groups in total. The third-order valence-electron chi connectivity index (χ3n) is 6.59. The maximum atomic E-state index is 12.8. The summed E-state index contributed by atoms with van der Waals surface area (Å²) in [7, 11) is 0. The standard InChI is InChI=1S/C25H28N4O2S/c1-2-24(31)29-12-9-18-17-19(7-8-21(18)29)22(30)10-11-27-13-15-28(16-14-27)25-20-5-3-4-6-23(20)32-26-25/h3-8,17H,2,9-16H2,1H3. The number of rotatable bonds is 6. The molecule has 5 rings (SSSR count). The lowest BCUT2D eigenvalue weighted by Gasteiger charge is -2.35. The molecule has 1 aromatic heterocycles. The number of hydrogen-bond acceptors (Lipinski definition) is 6. The lowest BCUT2D eigenvalue weighted by molar-refractivity contribution is -0.118. The molecule has 0 saturated carbocycles. The molecular weight excluding hydrogens is 420 g/mol. The van der Waals surface area contributed by atoms with E-state index in [2.05, 4.69) is 38.4 Å². The number of aromatic nitrogens is 1. The van der Waals surface area contributed by atoms with Crippen LogP contribution >= 0.6 is 11.5 Å². The van der Waals surface area contributed by atoms with E-state index in [4.69, 9.17) is 0 Å². The number of nitrogens with zero attached hydrogens (tertiary/aromatic N) is 4. The van der Waals surface area contributed by atoms with Crippen LogP contribution in [-0.2, 0) is 11.2 Å². The normalized spacial score (nSPS) is 16.5. The third-order valence-corrected chi connectivity index (χ3v) is 7.40. The van der Waals surface area contributed by atoms with Gasteiger partial charge in [-0.2, -0.15) is 4.37 Å². The van der Waals surface area contributed by atoms with E-state index in [1.807, 2.05) is 30.0 Å². The number of carbonyl (C=O) groups excluding carboxylic acids is 2. The molecule has 0 atom stereocenters. The van der Waals surface area contributed by atoms with Crippen LogP contribution in [0, 0.1) is 0 Å². The first-order valence-corrected chi connectivity index (χ1v) is 12.2. The number of ketones is 1. The third kappa shape index (κ3) is 4.02. The minimum atomic E-state index is 0.146. The molecule has 0 aliphatic carbocycles. The molecular formula is C25H28N4O2S. The van der Waals surface area contributed by atoms with Crippen LogP contribution < -0.4 is 9.80 Å². The average molecular weight is 449 g/mol. The number of benzene rings is 2. The monoisotopic (exact) mass is 448 g/mol. The van der Waals surface area contributed by atoms with E-state index in [1.165, 1.54) is 10.1 Å². The van der Waals surface area contributed by atoms with E-state index in [0.29, 0.717) is 12.8 Å². The van der Waals surface area contributed by atoms with Crippen LogP contribution in [0.4, 0.5) is 11.5 Å². The van der Waals surface area contributed by atoms with E-state index >= 15 is 0 Å². The van der Waals surface area contributed by atoms with E-state index in [-0.39, 0.29) is 11.7 Å². The van der Waals surface area contributed by atoms with Gasteiger partial charge in [-0.3, -0.25) is 14.5 Å². The Morgan fingerprint density at radius 2 is 1.84 bits per heavy atom. The van der Waals surface area contributed by atoms with Crippen molar-refractivity contribution >= 4 is 44.8 Å². The Balaban J connectivity index is 1.15. The molecule has 0 spiro atoms. The van der Waals surface area contributed by atoms with Gasteiger partial charge >= 0.3 is 0 Å². The second-order valence-electron chi connectivity index (χ2n) is 8.50. The highest BCUT2D eigenvalue weighted by Gasteiger charge is 2.25. The highest BCUT2D eigenvalue weighted by Crippen LogP contribution is 2.31. The van der Waals surface area contributed by atoms with Gasteiger partial charge in [-0.25, -0.2) is 0 Å². The topological polar surface area (TPSA) is 56.8 Å². The number of Topliss-reactive ketones (excluding diaryl/α,β-unsaturated/α-hetero) is 1. The molecule has 2 aromatic carbocycles. The summed E-state index contributed by atoms with van der Waals surface area (Å²) in [6.45, 7) is 7.14. The Morgan fingerprint density at radius 3 is 2.66 bits per heavy atom. The van der Waals surface area contributed by atoms with Gasteiger partial charge in [0.1, 0.15) is 5.82 Å². The van der Waals surface area contributed by atoms with Gasteiger partial charge in [0.2, 0.25) is 5.91 Å². The van der Waals surface area contributed by atoms with Gasteiger partial charge in [0, 0.05) is 68.7 Å². The summed E-state index contributed by atoms with van der Waals surface area (Å²) < 4.78 is 5.91. The first-order valence-electron chi connectivity index (χ1n) is 11.4. The highest BCUT2D eigenvalue weighted by molar-refractivity contribution is 7.13. The number of piperazine rings is 1.